The van der Waals surface area contributed by atoms with E-state index in [0.717, 1.165) is 42.4 Å². The molecule has 47 heavy (non-hydrogen) atoms. The van der Waals surface area contributed by atoms with Crippen LogP contribution in [0.4, 0.5) is 0 Å². The maximum atomic E-state index is 14.5. The van der Waals surface area contributed by atoms with Gasteiger partial charge in [0.1, 0.15) is 5.75 Å². The van der Waals surface area contributed by atoms with E-state index < -0.39 is 17.9 Å². The Morgan fingerprint density at radius 2 is 1.55 bits per heavy atom. The van der Waals surface area contributed by atoms with Crippen LogP contribution in [0.2, 0.25) is 0 Å². The highest BCUT2D eigenvalue weighted by Crippen LogP contribution is 2.48. The zero-order chi connectivity index (χ0) is 33.5. The van der Waals surface area contributed by atoms with Gasteiger partial charge in [0.15, 0.2) is 23.0 Å². The van der Waals surface area contributed by atoms with E-state index in [-0.39, 0.29) is 31.2 Å². The average molecular weight is 647 g/mol. The van der Waals surface area contributed by atoms with Crippen LogP contribution < -0.4 is 23.7 Å². The lowest BCUT2D eigenvalue weighted by Gasteiger charge is -2.35. The lowest BCUT2D eigenvalue weighted by Crippen LogP contribution is -2.45. The average Bonchev–Trinajstić information content (AvgIpc) is 3.71. The molecule has 1 fully saturated rings. The maximum absolute atomic E-state index is 14.5. The highest BCUT2D eigenvalue weighted by Gasteiger charge is 2.48. The summed E-state index contributed by atoms with van der Waals surface area (Å²) >= 11 is 0. The number of nitrogens with zero attached hydrogens (tertiary/aromatic N) is 2. The molecule has 1 amide bonds. The Bertz CT molecular complexity index is 1520. The predicted octanol–water partition coefficient (Wildman–Crippen LogP) is 6.28. The number of carbonyl (C=O) groups excluding carboxylic acids is 1. The third kappa shape index (κ3) is 7.43. The molecular formula is C37H46N2O8. The van der Waals surface area contributed by atoms with Crippen LogP contribution >= 0.6 is 0 Å². The summed E-state index contributed by atoms with van der Waals surface area (Å²) in [5.41, 5.74) is 2.59. The topological polar surface area (TPSA) is 107 Å². The number of aliphatic carboxylic acids is 1. The maximum Gasteiger partial charge on any atom is 0.309 e. The van der Waals surface area contributed by atoms with Crippen molar-refractivity contribution in [3.63, 3.8) is 0 Å². The van der Waals surface area contributed by atoms with Gasteiger partial charge in [0, 0.05) is 31.1 Å². The van der Waals surface area contributed by atoms with Gasteiger partial charge < -0.3 is 33.7 Å². The fourth-order valence-corrected chi connectivity index (χ4v) is 7.06. The number of hydrogen-bond acceptors (Lipinski definition) is 8. The summed E-state index contributed by atoms with van der Waals surface area (Å²) in [5.74, 6) is 1.00. The van der Waals surface area contributed by atoms with Gasteiger partial charge in [0.05, 0.1) is 33.8 Å². The molecule has 0 aliphatic carbocycles. The van der Waals surface area contributed by atoms with E-state index in [2.05, 4.69) is 13.8 Å². The summed E-state index contributed by atoms with van der Waals surface area (Å²) in [6.45, 7) is 5.26. The molecule has 3 atom stereocenters. The quantitative estimate of drug-likeness (QED) is 0.204. The summed E-state index contributed by atoms with van der Waals surface area (Å²) in [6, 6.07) is 18.3. The second-order valence-electron chi connectivity index (χ2n) is 12.2. The van der Waals surface area contributed by atoms with Gasteiger partial charge in [-0.2, -0.15) is 0 Å². The second-order valence-corrected chi connectivity index (χ2v) is 12.2. The molecule has 0 bridgehead atoms. The van der Waals surface area contributed by atoms with Gasteiger partial charge in [0.2, 0.25) is 12.7 Å². The molecule has 3 aromatic carbocycles. The molecule has 10 nitrogen and oxygen atoms in total. The van der Waals surface area contributed by atoms with Crippen molar-refractivity contribution in [2.75, 3.05) is 41.2 Å². The number of carbonyl (C=O) groups is 2. The van der Waals surface area contributed by atoms with Crippen LogP contribution in [0, 0.1) is 5.92 Å². The smallest absolute Gasteiger partial charge is 0.309 e. The van der Waals surface area contributed by atoms with Crippen LogP contribution in [0.15, 0.2) is 60.7 Å². The van der Waals surface area contributed by atoms with Crippen molar-refractivity contribution in [1.29, 1.82) is 0 Å². The highest BCUT2D eigenvalue weighted by molar-refractivity contribution is 5.80. The first-order valence-electron chi connectivity index (χ1n) is 16.3. The molecule has 3 aromatic rings. The van der Waals surface area contributed by atoms with Crippen molar-refractivity contribution in [2.45, 2.75) is 64.1 Å². The van der Waals surface area contributed by atoms with Crippen LogP contribution in [0.25, 0.3) is 0 Å². The standard InChI is InChI=1S/C37H46N2O8/c1-6-8-27(9-7-2)39(20-24-10-16-30(44-4)32(18-24)45-5)34(40)22-38-21-29(26-13-17-31-33(19-26)47-23-46-31)35(37(41)42)36(38)25-11-14-28(43-3)15-12-25/h10-19,27,29,35-36H,6-9,20-23H2,1-5H3,(H,41,42)/t29-,35+,36-/m1/s1. The van der Waals surface area contributed by atoms with E-state index in [9.17, 15) is 14.7 Å². The lowest BCUT2D eigenvalue weighted by atomic mass is 9.82. The fourth-order valence-electron chi connectivity index (χ4n) is 7.06. The molecule has 5 rings (SSSR count). The Morgan fingerprint density at radius 3 is 2.19 bits per heavy atom. The first-order chi connectivity index (χ1) is 22.8. The van der Waals surface area contributed by atoms with E-state index in [1.807, 2.05) is 70.5 Å². The SMILES string of the molecule is CCCC(CCC)N(Cc1ccc(OC)c(OC)c1)C(=O)CN1C[C@H](c2ccc3c(c2)OCO3)[C@H](C(=O)O)[C@H]1c1ccc(OC)cc1. The summed E-state index contributed by atoms with van der Waals surface area (Å²) in [5, 5.41) is 10.7. The molecule has 2 aliphatic rings. The molecule has 2 heterocycles. The van der Waals surface area contributed by atoms with Crippen LogP contribution in [0.1, 0.15) is 68.2 Å². The molecule has 0 radical (unpaired) electrons. The van der Waals surface area contributed by atoms with E-state index in [0.29, 0.717) is 41.8 Å². The number of carboxylic acids is 1. The Morgan fingerprint density at radius 1 is 0.872 bits per heavy atom. The number of methoxy groups -OCH3 is 3. The lowest BCUT2D eigenvalue weighted by molar-refractivity contribution is -0.144. The fraction of sp³-hybridized carbons (Fsp3) is 0.459. The molecule has 0 spiro atoms. The number of hydrogen-bond donors (Lipinski definition) is 1. The van der Waals surface area contributed by atoms with Crippen molar-refractivity contribution in [3.05, 3.63) is 77.4 Å². The zero-order valence-corrected chi connectivity index (χ0v) is 27.9. The summed E-state index contributed by atoms with van der Waals surface area (Å²) in [7, 11) is 4.80. The molecular weight excluding hydrogens is 600 g/mol. The summed E-state index contributed by atoms with van der Waals surface area (Å²) < 4.78 is 27.5. The van der Waals surface area contributed by atoms with Gasteiger partial charge in [-0.3, -0.25) is 14.5 Å². The first kappa shape index (κ1) is 33.9. The number of ether oxygens (including phenoxy) is 5. The highest BCUT2D eigenvalue weighted by atomic mass is 16.7. The molecule has 1 N–H and O–H groups in total. The molecule has 1 saturated heterocycles. The number of carboxylic acid groups (broad SMARTS) is 1. The minimum Gasteiger partial charge on any atom is -0.497 e. The Hall–Kier alpha value is -4.44. The van der Waals surface area contributed by atoms with Gasteiger partial charge >= 0.3 is 5.97 Å². The van der Waals surface area contributed by atoms with Crippen molar-refractivity contribution < 1.29 is 38.4 Å². The van der Waals surface area contributed by atoms with Crippen LogP contribution in [0.3, 0.4) is 0 Å². The normalized spacial score (nSPS) is 18.7. The van der Waals surface area contributed by atoms with Gasteiger partial charge in [0.25, 0.3) is 0 Å². The minimum absolute atomic E-state index is 0.0348. The zero-order valence-electron chi connectivity index (χ0n) is 27.9. The Kier molecular flexibility index (Phi) is 11.1. The van der Waals surface area contributed by atoms with Crippen molar-refractivity contribution in [3.8, 4) is 28.7 Å². The van der Waals surface area contributed by atoms with E-state index in [4.69, 9.17) is 23.7 Å². The number of benzene rings is 3. The molecule has 0 unspecified atom stereocenters. The first-order valence-corrected chi connectivity index (χ1v) is 16.3. The summed E-state index contributed by atoms with van der Waals surface area (Å²) in [6.07, 6.45) is 3.61. The van der Waals surface area contributed by atoms with Crippen molar-refractivity contribution in [2.24, 2.45) is 5.92 Å². The van der Waals surface area contributed by atoms with Crippen LogP contribution in [-0.2, 0) is 16.1 Å². The Balaban J connectivity index is 1.51. The van der Waals surface area contributed by atoms with Crippen molar-refractivity contribution in [1.82, 2.24) is 9.80 Å². The number of fused-ring (bicyclic) bond motifs is 1. The third-order valence-corrected chi connectivity index (χ3v) is 9.31. The molecule has 10 heteroatoms. The molecule has 0 saturated carbocycles. The number of amides is 1. The van der Waals surface area contributed by atoms with Crippen LogP contribution in [0.5, 0.6) is 28.7 Å². The molecule has 2 aliphatic heterocycles. The van der Waals surface area contributed by atoms with Gasteiger partial charge in [-0.1, -0.05) is 51.0 Å². The Labute approximate surface area is 277 Å². The number of rotatable bonds is 15. The monoisotopic (exact) mass is 646 g/mol. The molecule has 0 aromatic heterocycles. The van der Waals surface area contributed by atoms with E-state index >= 15 is 0 Å². The van der Waals surface area contributed by atoms with E-state index in [1.165, 1.54) is 0 Å². The summed E-state index contributed by atoms with van der Waals surface area (Å²) in [4.78, 5) is 31.7. The minimum atomic E-state index is -0.916. The van der Waals surface area contributed by atoms with Gasteiger partial charge in [-0.25, -0.2) is 0 Å². The van der Waals surface area contributed by atoms with Crippen molar-refractivity contribution >= 4 is 11.9 Å². The van der Waals surface area contributed by atoms with Crippen LogP contribution in [-0.4, -0.2) is 74.0 Å². The largest absolute Gasteiger partial charge is 0.497 e. The predicted molar refractivity (Wildman–Crippen MR) is 177 cm³/mol. The molecule has 252 valence electrons. The van der Waals surface area contributed by atoms with Gasteiger partial charge in [-0.15, -0.1) is 0 Å². The number of likely N-dealkylation sites (tertiary alicyclic amines) is 1. The van der Waals surface area contributed by atoms with E-state index in [1.54, 1.807) is 21.3 Å². The van der Waals surface area contributed by atoms with Gasteiger partial charge in [-0.05, 0) is 65.9 Å². The second kappa shape index (κ2) is 15.4. The third-order valence-electron chi connectivity index (χ3n) is 9.31.